The Morgan fingerprint density at radius 2 is 2.00 bits per heavy atom. The molecule has 28 heavy (non-hydrogen) atoms. The van der Waals surface area contributed by atoms with E-state index in [2.05, 4.69) is 5.32 Å². The molecule has 1 aliphatic carbocycles. The highest BCUT2D eigenvalue weighted by Crippen LogP contribution is 2.41. The molecule has 2 aliphatic rings. The van der Waals surface area contributed by atoms with Gasteiger partial charge in [0.2, 0.25) is 5.91 Å². The van der Waals surface area contributed by atoms with E-state index >= 15 is 0 Å². The first-order valence-electron chi connectivity index (χ1n) is 9.11. The van der Waals surface area contributed by atoms with Crippen LogP contribution in [0.4, 0.5) is 4.79 Å². The highest BCUT2D eigenvalue weighted by atomic mass is 35.5. The van der Waals surface area contributed by atoms with Crippen molar-refractivity contribution in [2.75, 3.05) is 13.6 Å². The molecule has 0 saturated carbocycles. The standard InChI is InChI=1S/C21H20ClN3O3/c1-24(12-14-5-4-7-16(22)11-14)18(26)13-25-19(27)21(23-20(25)28)10-9-15-6-2-3-8-17(15)21/h2-8,11H,9-10,12-13H2,1H3,(H,23,28)/t21-/m1/s1. The van der Waals surface area contributed by atoms with Gasteiger partial charge in [-0.25, -0.2) is 4.79 Å². The van der Waals surface area contributed by atoms with Gasteiger partial charge in [-0.2, -0.15) is 0 Å². The third-order valence-corrected chi connectivity index (χ3v) is 5.69. The van der Waals surface area contributed by atoms with E-state index in [0.717, 1.165) is 28.0 Å². The predicted octanol–water partition coefficient (Wildman–Crippen LogP) is 2.69. The quantitative estimate of drug-likeness (QED) is 0.806. The first kappa shape index (κ1) is 18.5. The highest BCUT2D eigenvalue weighted by molar-refractivity contribution is 6.30. The van der Waals surface area contributed by atoms with Crippen LogP contribution in [-0.4, -0.2) is 41.2 Å². The first-order chi connectivity index (χ1) is 13.4. The zero-order valence-corrected chi connectivity index (χ0v) is 16.2. The number of rotatable bonds is 4. The van der Waals surface area contributed by atoms with Crippen LogP contribution in [0.1, 0.15) is 23.1 Å². The lowest BCUT2D eigenvalue weighted by atomic mass is 9.92. The zero-order valence-electron chi connectivity index (χ0n) is 15.4. The van der Waals surface area contributed by atoms with Crippen molar-refractivity contribution in [3.8, 4) is 0 Å². The fraction of sp³-hybridized carbons (Fsp3) is 0.286. The lowest BCUT2D eigenvalue weighted by Crippen LogP contribution is -2.44. The fourth-order valence-corrected chi connectivity index (χ4v) is 4.20. The summed E-state index contributed by atoms with van der Waals surface area (Å²) in [4.78, 5) is 40.8. The predicted molar refractivity (Wildman–Crippen MR) is 105 cm³/mol. The van der Waals surface area contributed by atoms with Gasteiger partial charge in [0.05, 0.1) is 0 Å². The lowest BCUT2D eigenvalue weighted by Gasteiger charge is -2.23. The number of nitrogens with one attached hydrogen (secondary N) is 1. The Labute approximate surface area is 168 Å². The number of fused-ring (bicyclic) bond motifs is 2. The van der Waals surface area contributed by atoms with Crippen molar-refractivity contribution in [3.05, 3.63) is 70.2 Å². The smallest absolute Gasteiger partial charge is 0.325 e. The van der Waals surface area contributed by atoms with Crippen LogP contribution < -0.4 is 5.32 Å². The van der Waals surface area contributed by atoms with Gasteiger partial charge >= 0.3 is 6.03 Å². The van der Waals surface area contributed by atoms with Gasteiger partial charge in [0, 0.05) is 18.6 Å². The topological polar surface area (TPSA) is 69.7 Å². The molecule has 1 spiro atoms. The fourth-order valence-electron chi connectivity index (χ4n) is 3.99. The maximum absolute atomic E-state index is 13.1. The molecule has 0 unspecified atom stereocenters. The summed E-state index contributed by atoms with van der Waals surface area (Å²) in [5.41, 5.74) is 1.72. The molecule has 4 amide bonds. The maximum Gasteiger partial charge on any atom is 0.325 e. The van der Waals surface area contributed by atoms with Crippen LogP contribution >= 0.6 is 11.6 Å². The van der Waals surface area contributed by atoms with E-state index in [-0.39, 0.29) is 18.4 Å². The monoisotopic (exact) mass is 397 g/mol. The minimum absolute atomic E-state index is 0.286. The average molecular weight is 398 g/mol. The summed E-state index contributed by atoms with van der Waals surface area (Å²) in [7, 11) is 1.64. The molecule has 1 aliphatic heterocycles. The largest absolute Gasteiger partial charge is 0.340 e. The van der Waals surface area contributed by atoms with E-state index in [4.69, 9.17) is 11.6 Å². The summed E-state index contributed by atoms with van der Waals surface area (Å²) in [6, 6.07) is 14.3. The molecule has 7 heteroatoms. The van der Waals surface area contributed by atoms with Gasteiger partial charge < -0.3 is 10.2 Å². The number of aryl methyl sites for hydroxylation is 1. The SMILES string of the molecule is CN(Cc1cccc(Cl)c1)C(=O)CN1C(=O)N[C@@]2(CCc3ccccc32)C1=O. The molecule has 2 aromatic carbocycles. The summed E-state index contributed by atoms with van der Waals surface area (Å²) in [6.07, 6.45) is 1.23. The van der Waals surface area contributed by atoms with E-state index in [1.165, 1.54) is 4.90 Å². The molecule has 6 nitrogen and oxygen atoms in total. The van der Waals surface area contributed by atoms with Gasteiger partial charge in [0.15, 0.2) is 0 Å². The van der Waals surface area contributed by atoms with Crippen LogP contribution in [0.2, 0.25) is 5.02 Å². The Balaban J connectivity index is 1.49. The van der Waals surface area contributed by atoms with Gasteiger partial charge in [-0.1, -0.05) is 48.0 Å². The second kappa shape index (κ2) is 6.95. The molecule has 4 rings (SSSR count). The van der Waals surface area contributed by atoms with Crippen LogP contribution in [0.3, 0.4) is 0 Å². The number of urea groups is 1. The van der Waals surface area contributed by atoms with Crippen molar-refractivity contribution in [2.45, 2.75) is 24.9 Å². The van der Waals surface area contributed by atoms with Crippen LogP contribution in [0.25, 0.3) is 0 Å². The minimum atomic E-state index is -1.04. The number of halogens is 1. The van der Waals surface area contributed by atoms with E-state index in [1.807, 2.05) is 36.4 Å². The number of amides is 4. The summed E-state index contributed by atoms with van der Waals surface area (Å²) < 4.78 is 0. The first-order valence-corrected chi connectivity index (χ1v) is 9.49. The summed E-state index contributed by atoms with van der Waals surface area (Å²) in [6.45, 7) is 0.0582. The Morgan fingerprint density at radius 3 is 2.79 bits per heavy atom. The van der Waals surface area contributed by atoms with Crippen molar-refractivity contribution < 1.29 is 14.4 Å². The minimum Gasteiger partial charge on any atom is -0.340 e. The molecule has 1 atom stereocenters. The number of carbonyl (C=O) groups excluding carboxylic acids is 3. The normalized spacial score (nSPS) is 20.4. The van der Waals surface area contributed by atoms with Crippen molar-refractivity contribution >= 4 is 29.4 Å². The number of carbonyl (C=O) groups is 3. The highest BCUT2D eigenvalue weighted by Gasteiger charge is 2.55. The summed E-state index contributed by atoms with van der Waals surface area (Å²) in [5, 5.41) is 3.43. The third kappa shape index (κ3) is 3.03. The molecule has 0 bridgehead atoms. The number of nitrogens with zero attached hydrogens (tertiary/aromatic N) is 2. The average Bonchev–Trinajstić information content (AvgIpc) is 3.15. The maximum atomic E-state index is 13.1. The third-order valence-electron chi connectivity index (χ3n) is 5.45. The van der Waals surface area contributed by atoms with Gasteiger partial charge in [-0.05, 0) is 41.7 Å². The molecule has 1 saturated heterocycles. The van der Waals surface area contributed by atoms with E-state index < -0.39 is 11.6 Å². The van der Waals surface area contributed by atoms with Crippen molar-refractivity contribution in [1.82, 2.24) is 15.1 Å². The molecule has 0 aromatic heterocycles. The molecule has 1 N–H and O–H groups in total. The Bertz CT molecular complexity index is 977. The number of hydrogen-bond donors (Lipinski definition) is 1. The van der Waals surface area contributed by atoms with Crippen molar-refractivity contribution in [1.29, 1.82) is 0 Å². The van der Waals surface area contributed by atoms with Crippen LogP contribution in [0.15, 0.2) is 48.5 Å². The lowest BCUT2D eigenvalue weighted by molar-refractivity contribution is -0.138. The van der Waals surface area contributed by atoms with Crippen LogP contribution in [0, 0.1) is 0 Å². The van der Waals surface area contributed by atoms with Gasteiger partial charge in [-0.3, -0.25) is 14.5 Å². The molecule has 1 fully saturated rings. The number of hydrogen-bond acceptors (Lipinski definition) is 3. The van der Waals surface area contributed by atoms with E-state index in [0.29, 0.717) is 18.0 Å². The van der Waals surface area contributed by atoms with E-state index in [9.17, 15) is 14.4 Å². The van der Waals surface area contributed by atoms with Gasteiger partial charge in [0.25, 0.3) is 5.91 Å². The molecule has 144 valence electrons. The molecule has 1 heterocycles. The summed E-state index contributed by atoms with van der Waals surface area (Å²) >= 11 is 5.98. The molecular weight excluding hydrogens is 378 g/mol. The second-order valence-electron chi connectivity index (χ2n) is 7.26. The number of benzene rings is 2. The summed E-state index contributed by atoms with van der Waals surface area (Å²) in [5.74, 6) is -0.668. The Hall–Kier alpha value is -2.86. The van der Waals surface area contributed by atoms with Crippen molar-refractivity contribution in [3.63, 3.8) is 0 Å². The molecule has 2 aromatic rings. The number of imide groups is 1. The van der Waals surface area contributed by atoms with E-state index in [1.54, 1.807) is 19.2 Å². The van der Waals surface area contributed by atoms with Gasteiger partial charge in [-0.15, -0.1) is 0 Å². The van der Waals surface area contributed by atoms with Gasteiger partial charge in [0.1, 0.15) is 12.1 Å². The second-order valence-corrected chi connectivity index (χ2v) is 7.70. The zero-order chi connectivity index (χ0) is 19.9. The Morgan fingerprint density at radius 1 is 1.21 bits per heavy atom. The Kier molecular flexibility index (Phi) is 4.59. The molecule has 0 radical (unpaired) electrons. The van der Waals surface area contributed by atoms with Crippen LogP contribution in [-0.2, 0) is 28.1 Å². The van der Waals surface area contributed by atoms with Crippen LogP contribution in [0.5, 0.6) is 0 Å². The molecular formula is C21H20ClN3O3. The van der Waals surface area contributed by atoms with Crippen molar-refractivity contribution in [2.24, 2.45) is 0 Å². The number of likely N-dealkylation sites (N-methyl/N-ethyl adjacent to an activating group) is 1.